The Morgan fingerprint density at radius 3 is 2.60 bits per heavy atom. The van der Waals surface area contributed by atoms with E-state index in [2.05, 4.69) is 10.0 Å². The number of carboxylic acid groups (broad SMARTS) is 1. The zero-order valence-electron chi connectivity index (χ0n) is 11.5. The average Bonchev–Trinajstić information content (AvgIpc) is 2.38. The van der Waals surface area contributed by atoms with Gasteiger partial charge >= 0.3 is 16.2 Å². The summed E-state index contributed by atoms with van der Waals surface area (Å²) in [6.07, 6.45) is -0.241. The number of carboxylic acids is 1. The molecule has 1 aromatic carbocycles. The number of nitrogens with zero attached hydrogens (tertiary/aromatic N) is 1. The second-order valence-corrected chi connectivity index (χ2v) is 6.04. The minimum absolute atomic E-state index is 0.0845. The van der Waals surface area contributed by atoms with Crippen LogP contribution in [0.4, 0.5) is 5.69 Å². The smallest absolute Gasteiger partial charge is 0.304 e. The molecule has 0 amide bonds. The third kappa shape index (κ3) is 4.80. The van der Waals surface area contributed by atoms with E-state index >= 15 is 0 Å². The number of nitrogens with one attached hydrogen (secondary N) is 2. The molecule has 7 nitrogen and oxygen atoms in total. The molecule has 0 aromatic heterocycles. The first-order valence-electron chi connectivity index (χ1n) is 6.05. The first-order valence-corrected chi connectivity index (χ1v) is 7.49. The van der Waals surface area contributed by atoms with E-state index in [0.717, 1.165) is 9.87 Å². The maximum absolute atomic E-state index is 12.1. The van der Waals surface area contributed by atoms with Crippen LogP contribution in [0.1, 0.15) is 12.0 Å². The number of benzene rings is 1. The molecule has 0 saturated carbocycles. The third-order valence-corrected chi connectivity index (χ3v) is 4.16. The topological polar surface area (TPSA) is 98.7 Å². The van der Waals surface area contributed by atoms with Crippen molar-refractivity contribution in [1.29, 1.82) is 0 Å². The normalized spacial score (nSPS) is 11.6. The molecule has 0 aliphatic carbocycles. The molecule has 8 heteroatoms. The average molecular weight is 301 g/mol. The zero-order valence-corrected chi connectivity index (χ0v) is 12.3. The van der Waals surface area contributed by atoms with Crippen LogP contribution >= 0.6 is 0 Å². The van der Waals surface area contributed by atoms with Crippen LogP contribution in [0.3, 0.4) is 0 Å². The summed E-state index contributed by atoms with van der Waals surface area (Å²) in [4.78, 5) is 10.5. The van der Waals surface area contributed by atoms with E-state index in [4.69, 9.17) is 5.11 Å². The summed E-state index contributed by atoms with van der Waals surface area (Å²) in [5.41, 5.74) is 1.29. The molecule has 0 radical (unpaired) electrons. The van der Waals surface area contributed by atoms with Gasteiger partial charge in [-0.2, -0.15) is 12.7 Å². The minimum Gasteiger partial charge on any atom is -0.481 e. The van der Waals surface area contributed by atoms with Crippen LogP contribution in [-0.4, -0.2) is 44.4 Å². The molecule has 112 valence electrons. The molecule has 0 aliphatic rings. The highest BCUT2D eigenvalue weighted by Crippen LogP contribution is 2.17. The van der Waals surface area contributed by atoms with Gasteiger partial charge in [-0.15, -0.1) is 0 Å². The Balaban J connectivity index is 2.82. The van der Waals surface area contributed by atoms with Crippen molar-refractivity contribution >= 4 is 21.9 Å². The van der Waals surface area contributed by atoms with Gasteiger partial charge in [0, 0.05) is 20.1 Å². The predicted molar refractivity (Wildman–Crippen MR) is 76.6 cm³/mol. The Morgan fingerprint density at radius 1 is 1.35 bits per heavy atom. The minimum atomic E-state index is -3.76. The van der Waals surface area contributed by atoms with Crippen LogP contribution in [0.25, 0.3) is 0 Å². The van der Waals surface area contributed by atoms with E-state index in [1.165, 1.54) is 7.05 Å². The highest BCUT2D eigenvalue weighted by Gasteiger charge is 2.19. The predicted octanol–water partition coefficient (Wildman–Crippen LogP) is 0.469. The van der Waals surface area contributed by atoms with Crippen LogP contribution < -0.4 is 10.0 Å². The fourth-order valence-corrected chi connectivity index (χ4v) is 2.52. The molecule has 1 aromatic rings. The summed E-state index contributed by atoms with van der Waals surface area (Å²) in [5, 5.41) is 11.5. The Labute approximate surface area is 118 Å². The summed E-state index contributed by atoms with van der Waals surface area (Å²) in [7, 11) is -0.650. The molecule has 0 saturated heterocycles. The summed E-state index contributed by atoms with van der Waals surface area (Å²) in [6.45, 7) is 0.441. The second-order valence-electron chi connectivity index (χ2n) is 4.26. The van der Waals surface area contributed by atoms with Crippen LogP contribution in [0.15, 0.2) is 24.3 Å². The van der Waals surface area contributed by atoms with E-state index in [9.17, 15) is 13.2 Å². The van der Waals surface area contributed by atoms with E-state index in [0.29, 0.717) is 12.2 Å². The summed E-state index contributed by atoms with van der Waals surface area (Å²) < 4.78 is 27.6. The molecular formula is C12H19N3O4S. The highest BCUT2D eigenvalue weighted by atomic mass is 32.2. The van der Waals surface area contributed by atoms with E-state index < -0.39 is 16.2 Å². The van der Waals surface area contributed by atoms with Gasteiger partial charge in [0.1, 0.15) is 0 Å². The molecular weight excluding hydrogens is 282 g/mol. The molecule has 1 rings (SSSR count). The van der Waals surface area contributed by atoms with Crippen LogP contribution in [0, 0.1) is 0 Å². The number of anilines is 1. The lowest BCUT2D eigenvalue weighted by atomic mass is 10.2. The number of para-hydroxylation sites is 1. The van der Waals surface area contributed by atoms with Gasteiger partial charge in [0.15, 0.2) is 0 Å². The van der Waals surface area contributed by atoms with Gasteiger partial charge in [-0.1, -0.05) is 18.2 Å². The third-order valence-electron chi connectivity index (χ3n) is 2.67. The maximum Gasteiger partial charge on any atom is 0.304 e. The Bertz CT molecular complexity index is 560. The summed E-state index contributed by atoms with van der Waals surface area (Å²) >= 11 is 0. The molecule has 0 bridgehead atoms. The maximum atomic E-state index is 12.1. The van der Waals surface area contributed by atoms with Gasteiger partial charge in [0.2, 0.25) is 0 Å². The molecule has 0 fully saturated rings. The van der Waals surface area contributed by atoms with Gasteiger partial charge < -0.3 is 10.4 Å². The fraction of sp³-hybridized carbons (Fsp3) is 0.417. The second kappa shape index (κ2) is 7.22. The van der Waals surface area contributed by atoms with Crippen molar-refractivity contribution in [3.05, 3.63) is 29.8 Å². The standard InChI is InChI=1S/C12H19N3O4S/c1-13-9-10-5-3-4-6-11(10)14-20(18,19)15(2)8-7-12(16)17/h3-6,13-14H,7-9H2,1-2H3,(H,16,17). The van der Waals surface area contributed by atoms with Crippen molar-refractivity contribution in [2.45, 2.75) is 13.0 Å². The van der Waals surface area contributed by atoms with Crippen molar-refractivity contribution in [3.8, 4) is 0 Å². The number of hydrogen-bond acceptors (Lipinski definition) is 4. The molecule has 0 aliphatic heterocycles. The van der Waals surface area contributed by atoms with Crippen molar-refractivity contribution in [3.63, 3.8) is 0 Å². The molecule has 0 heterocycles. The van der Waals surface area contributed by atoms with Gasteiger partial charge in [-0.25, -0.2) is 0 Å². The largest absolute Gasteiger partial charge is 0.481 e. The van der Waals surface area contributed by atoms with Gasteiger partial charge in [-0.05, 0) is 18.7 Å². The van der Waals surface area contributed by atoms with Crippen molar-refractivity contribution in [2.24, 2.45) is 0 Å². The van der Waals surface area contributed by atoms with Crippen molar-refractivity contribution < 1.29 is 18.3 Å². The quantitative estimate of drug-likeness (QED) is 0.648. The SMILES string of the molecule is CNCc1ccccc1NS(=O)(=O)N(C)CCC(=O)O. The van der Waals surface area contributed by atoms with Gasteiger partial charge in [0.25, 0.3) is 0 Å². The van der Waals surface area contributed by atoms with E-state index in [1.807, 2.05) is 12.1 Å². The molecule has 20 heavy (non-hydrogen) atoms. The monoisotopic (exact) mass is 301 g/mol. The first-order chi connectivity index (χ1) is 9.36. The molecule has 0 spiro atoms. The summed E-state index contributed by atoms with van der Waals surface area (Å²) in [5.74, 6) is -1.04. The van der Waals surface area contributed by atoms with E-state index in [-0.39, 0.29) is 13.0 Å². The van der Waals surface area contributed by atoms with Crippen LogP contribution in [0.2, 0.25) is 0 Å². The lowest BCUT2D eigenvalue weighted by Crippen LogP contribution is -2.34. The number of aliphatic carboxylic acids is 1. The molecule has 0 unspecified atom stereocenters. The van der Waals surface area contributed by atoms with Gasteiger partial charge in [0.05, 0.1) is 12.1 Å². The number of carbonyl (C=O) groups is 1. The zero-order chi connectivity index (χ0) is 15.2. The van der Waals surface area contributed by atoms with E-state index in [1.54, 1.807) is 19.2 Å². The Morgan fingerprint density at radius 2 is 2.00 bits per heavy atom. The Hall–Kier alpha value is -1.64. The fourth-order valence-electron chi connectivity index (χ4n) is 1.55. The van der Waals surface area contributed by atoms with Crippen molar-refractivity contribution in [2.75, 3.05) is 25.4 Å². The van der Waals surface area contributed by atoms with Gasteiger partial charge in [-0.3, -0.25) is 9.52 Å². The van der Waals surface area contributed by atoms with Crippen LogP contribution in [0.5, 0.6) is 0 Å². The number of hydrogen-bond donors (Lipinski definition) is 3. The molecule has 3 N–H and O–H groups in total. The molecule has 0 atom stereocenters. The lowest BCUT2D eigenvalue weighted by molar-refractivity contribution is -0.137. The first kappa shape index (κ1) is 16.4. The highest BCUT2D eigenvalue weighted by molar-refractivity contribution is 7.90. The van der Waals surface area contributed by atoms with Crippen LogP contribution in [-0.2, 0) is 21.5 Å². The Kier molecular flexibility index (Phi) is 5.93. The lowest BCUT2D eigenvalue weighted by Gasteiger charge is -2.19. The van der Waals surface area contributed by atoms with Crippen molar-refractivity contribution in [1.82, 2.24) is 9.62 Å². The summed E-state index contributed by atoms with van der Waals surface area (Å²) in [6, 6.07) is 7.02. The number of rotatable bonds is 8.